The van der Waals surface area contributed by atoms with Crippen LogP contribution in [0.25, 0.3) is 10.9 Å². The molecule has 1 unspecified atom stereocenters. The monoisotopic (exact) mass is 415 g/mol. The summed E-state index contributed by atoms with van der Waals surface area (Å²) in [7, 11) is 1.61. The highest BCUT2D eigenvalue weighted by atomic mass is 32.2. The van der Waals surface area contributed by atoms with Gasteiger partial charge in [-0.1, -0.05) is 60.3 Å². The van der Waals surface area contributed by atoms with Crippen LogP contribution in [0, 0.1) is 6.92 Å². The summed E-state index contributed by atoms with van der Waals surface area (Å²) in [6.45, 7) is 1.87. The fraction of sp³-hybridized carbons (Fsp3) is 0.125. The van der Waals surface area contributed by atoms with Crippen LogP contribution in [0.2, 0.25) is 0 Å². The molecule has 6 heteroatoms. The quantitative estimate of drug-likeness (QED) is 0.337. The van der Waals surface area contributed by atoms with Gasteiger partial charge in [0, 0.05) is 11.1 Å². The molecule has 0 aliphatic heterocycles. The van der Waals surface area contributed by atoms with Gasteiger partial charge in [0.1, 0.15) is 21.8 Å². The molecule has 0 saturated heterocycles. The minimum absolute atomic E-state index is 0.114. The Bertz CT molecular complexity index is 1160. The molecule has 5 nitrogen and oxygen atoms in total. The number of nitrogens with zero attached hydrogens (tertiary/aromatic N) is 2. The number of nitrogens with one attached hydrogen (secondary N) is 1. The van der Waals surface area contributed by atoms with Crippen molar-refractivity contribution in [2.24, 2.45) is 0 Å². The first kappa shape index (κ1) is 19.9. The van der Waals surface area contributed by atoms with Crippen molar-refractivity contribution in [1.82, 2.24) is 9.97 Å². The zero-order valence-electron chi connectivity index (χ0n) is 16.7. The van der Waals surface area contributed by atoms with Gasteiger partial charge in [0.05, 0.1) is 12.6 Å². The number of para-hydroxylation sites is 1. The number of carbonyl (C=O) groups excluding carboxylic acids is 1. The van der Waals surface area contributed by atoms with Gasteiger partial charge in [-0.15, -0.1) is 0 Å². The average Bonchev–Trinajstić information content (AvgIpc) is 2.78. The van der Waals surface area contributed by atoms with E-state index in [4.69, 9.17) is 4.74 Å². The van der Waals surface area contributed by atoms with E-state index in [-0.39, 0.29) is 5.91 Å². The molecule has 4 aromatic rings. The van der Waals surface area contributed by atoms with Gasteiger partial charge in [0.25, 0.3) is 0 Å². The van der Waals surface area contributed by atoms with Crippen molar-refractivity contribution in [2.75, 3.05) is 12.4 Å². The van der Waals surface area contributed by atoms with E-state index in [2.05, 4.69) is 15.3 Å². The number of thioether (sulfide) groups is 1. The summed E-state index contributed by atoms with van der Waals surface area (Å²) >= 11 is 1.43. The molecule has 0 saturated carbocycles. The minimum Gasteiger partial charge on any atom is -0.497 e. The molecule has 0 radical (unpaired) electrons. The zero-order chi connectivity index (χ0) is 20.9. The van der Waals surface area contributed by atoms with Crippen LogP contribution in [0.4, 0.5) is 5.69 Å². The fourth-order valence-electron chi connectivity index (χ4n) is 3.14. The molecule has 4 rings (SSSR count). The van der Waals surface area contributed by atoms with Crippen LogP contribution in [0.1, 0.15) is 16.6 Å². The molecule has 0 bridgehead atoms. The molecule has 1 atom stereocenters. The van der Waals surface area contributed by atoms with Crippen molar-refractivity contribution in [2.45, 2.75) is 17.2 Å². The van der Waals surface area contributed by atoms with Crippen molar-refractivity contribution >= 4 is 34.3 Å². The lowest BCUT2D eigenvalue weighted by molar-refractivity contribution is -0.115. The summed E-state index contributed by atoms with van der Waals surface area (Å²) in [6.07, 6.45) is 0. The fourth-order valence-corrected chi connectivity index (χ4v) is 4.31. The maximum Gasteiger partial charge on any atom is 0.242 e. The van der Waals surface area contributed by atoms with Gasteiger partial charge in [-0.05, 0) is 42.8 Å². The highest BCUT2D eigenvalue weighted by Crippen LogP contribution is 2.38. The van der Waals surface area contributed by atoms with E-state index in [1.165, 1.54) is 11.8 Å². The van der Waals surface area contributed by atoms with Gasteiger partial charge in [-0.3, -0.25) is 4.79 Å². The van der Waals surface area contributed by atoms with E-state index >= 15 is 0 Å². The number of benzene rings is 3. The third kappa shape index (κ3) is 4.44. The lowest BCUT2D eigenvalue weighted by Gasteiger charge is -2.18. The van der Waals surface area contributed by atoms with Gasteiger partial charge >= 0.3 is 0 Å². The molecule has 3 aromatic carbocycles. The second kappa shape index (κ2) is 8.97. The van der Waals surface area contributed by atoms with E-state index in [0.29, 0.717) is 11.5 Å². The normalized spacial score (nSPS) is 11.8. The second-order valence-corrected chi connectivity index (χ2v) is 7.81. The van der Waals surface area contributed by atoms with Gasteiger partial charge in [0.2, 0.25) is 5.91 Å². The zero-order valence-corrected chi connectivity index (χ0v) is 17.5. The Kier molecular flexibility index (Phi) is 5.95. The number of ether oxygens (including phenoxy) is 1. The Morgan fingerprint density at radius 1 is 0.933 bits per heavy atom. The number of aromatic nitrogens is 2. The summed E-state index contributed by atoms with van der Waals surface area (Å²) in [5.74, 6) is 1.31. The second-order valence-electron chi connectivity index (χ2n) is 6.72. The van der Waals surface area contributed by atoms with Crippen LogP contribution in [0.3, 0.4) is 0 Å². The van der Waals surface area contributed by atoms with Gasteiger partial charge in [-0.2, -0.15) is 0 Å². The Labute approximate surface area is 179 Å². The van der Waals surface area contributed by atoms with Crippen molar-refractivity contribution in [3.05, 3.63) is 90.3 Å². The lowest BCUT2D eigenvalue weighted by atomic mass is 10.1. The van der Waals surface area contributed by atoms with Crippen molar-refractivity contribution in [1.29, 1.82) is 0 Å². The maximum absolute atomic E-state index is 13.3. The largest absolute Gasteiger partial charge is 0.497 e. The molecule has 0 spiro atoms. The van der Waals surface area contributed by atoms with E-state index in [9.17, 15) is 4.79 Å². The first-order valence-corrected chi connectivity index (χ1v) is 10.4. The molecule has 1 heterocycles. The first-order chi connectivity index (χ1) is 14.6. The van der Waals surface area contributed by atoms with Crippen molar-refractivity contribution in [3.8, 4) is 5.75 Å². The molecule has 150 valence electrons. The third-order valence-corrected chi connectivity index (χ3v) is 5.86. The van der Waals surface area contributed by atoms with Gasteiger partial charge < -0.3 is 10.1 Å². The SMILES string of the molecule is COc1ccc(NC(=O)C(Sc2nc(C)nc3ccccc23)c2ccccc2)cc1. The van der Waals surface area contributed by atoms with Crippen LogP contribution in [-0.4, -0.2) is 23.0 Å². The molecule has 0 aliphatic carbocycles. The van der Waals surface area contributed by atoms with Crippen LogP contribution < -0.4 is 10.1 Å². The first-order valence-electron chi connectivity index (χ1n) is 9.54. The topological polar surface area (TPSA) is 64.1 Å². The number of methoxy groups -OCH3 is 1. The van der Waals surface area contributed by atoms with E-state index in [1.54, 1.807) is 7.11 Å². The van der Waals surface area contributed by atoms with Crippen LogP contribution in [0.15, 0.2) is 83.9 Å². The predicted molar refractivity (Wildman–Crippen MR) is 121 cm³/mol. The number of carbonyl (C=O) groups is 1. The van der Waals surface area contributed by atoms with E-state index in [0.717, 1.165) is 27.2 Å². The molecule has 1 N–H and O–H groups in total. The Balaban J connectivity index is 1.68. The molecular formula is C24H21N3O2S. The number of amides is 1. The van der Waals surface area contributed by atoms with Gasteiger partial charge in [-0.25, -0.2) is 9.97 Å². The smallest absolute Gasteiger partial charge is 0.242 e. The summed E-state index contributed by atoms with van der Waals surface area (Å²) in [5.41, 5.74) is 2.50. The Morgan fingerprint density at radius 2 is 1.63 bits per heavy atom. The van der Waals surface area contributed by atoms with Crippen LogP contribution >= 0.6 is 11.8 Å². The molecule has 1 amide bonds. The maximum atomic E-state index is 13.3. The molecular weight excluding hydrogens is 394 g/mol. The summed E-state index contributed by atoms with van der Waals surface area (Å²) < 4.78 is 5.19. The Morgan fingerprint density at radius 3 is 2.37 bits per heavy atom. The average molecular weight is 416 g/mol. The summed E-state index contributed by atoms with van der Waals surface area (Å²) in [4.78, 5) is 22.4. The lowest BCUT2D eigenvalue weighted by Crippen LogP contribution is -2.19. The number of anilines is 1. The third-order valence-electron chi connectivity index (χ3n) is 4.61. The number of rotatable bonds is 6. The number of hydrogen-bond acceptors (Lipinski definition) is 5. The number of fused-ring (bicyclic) bond motifs is 1. The van der Waals surface area contributed by atoms with Crippen LogP contribution in [0.5, 0.6) is 5.75 Å². The highest BCUT2D eigenvalue weighted by Gasteiger charge is 2.24. The summed E-state index contributed by atoms with van der Waals surface area (Å²) in [5, 5.41) is 4.27. The van der Waals surface area contributed by atoms with Crippen LogP contribution in [-0.2, 0) is 4.79 Å². The molecule has 0 fully saturated rings. The Hall–Kier alpha value is -3.38. The molecule has 1 aromatic heterocycles. The summed E-state index contributed by atoms with van der Waals surface area (Å²) in [6, 6.07) is 24.9. The number of hydrogen-bond donors (Lipinski definition) is 1. The van der Waals surface area contributed by atoms with E-state index in [1.807, 2.05) is 85.8 Å². The molecule has 0 aliphatic rings. The van der Waals surface area contributed by atoms with Crippen molar-refractivity contribution < 1.29 is 9.53 Å². The standard InChI is InChI=1S/C24H21N3O2S/c1-16-25-21-11-7-6-10-20(21)24(26-16)30-22(17-8-4-3-5-9-17)23(28)27-18-12-14-19(29-2)15-13-18/h3-15,22H,1-2H3,(H,27,28). The molecule has 30 heavy (non-hydrogen) atoms. The van der Waals surface area contributed by atoms with Gasteiger partial charge in [0.15, 0.2) is 0 Å². The van der Waals surface area contributed by atoms with Crippen molar-refractivity contribution in [3.63, 3.8) is 0 Å². The minimum atomic E-state index is -0.467. The highest BCUT2D eigenvalue weighted by molar-refractivity contribution is 8.00. The predicted octanol–water partition coefficient (Wildman–Crippen LogP) is 5.42. The number of aryl methyl sites for hydroxylation is 1. The van der Waals surface area contributed by atoms with E-state index < -0.39 is 5.25 Å².